The summed E-state index contributed by atoms with van der Waals surface area (Å²) in [6.07, 6.45) is -4.56. The molecule has 0 aromatic heterocycles. The van der Waals surface area contributed by atoms with E-state index in [1.807, 2.05) is 0 Å². The topological polar surface area (TPSA) is 83.5 Å². The zero-order valence-electron chi connectivity index (χ0n) is 16.4. The molecule has 168 valence electrons. The molecule has 10 heteroatoms. The van der Waals surface area contributed by atoms with Gasteiger partial charge in [0.1, 0.15) is 0 Å². The molecule has 0 unspecified atom stereocenters. The molecule has 0 aliphatic rings. The Kier molecular flexibility index (Phi) is 6.80. The van der Waals surface area contributed by atoms with Crippen LogP contribution >= 0.6 is 11.6 Å². The first-order valence-electron chi connectivity index (χ1n) is 9.20. The van der Waals surface area contributed by atoms with Gasteiger partial charge >= 0.3 is 12.1 Å². The number of carboxylic acids is 1. The van der Waals surface area contributed by atoms with Gasteiger partial charge in [-0.15, -0.1) is 0 Å². The van der Waals surface area contributed by atoms with Gasteiger partial charge in [0.15, 0.2) is 15.6 Å². The van der Waals surface area contributed by atoms with E-state index in [9.17, 15) is 26.4 Å². The number of carbonyl (C=O) groups is 1. The number of hydrogen-bond acceptors (Lipinski definition) is 4. The van der Waals surface area contributed by atoms with Gasteiger partial charge in [-0.3, -0.25) is 4.79 Å². The summed E-state index contributed by atoms with van der Waals surface area (Å²) in [6.45, 7) is 0.268. The molecular weight excluding hydrogens is 467 g/mol. The van der Waals surface area contributed by atoms with E-state index in [0.717, 1.165) is 6.07 Å². The SMILES string of the molecule is O=C(O)CS(=O)(=O)c1ccc(NCc2cccc(-c3ccc(Cl)cc3C(F)(F)F)c2)cc1. The molecule has 0 saturated heterocycles. The highest BCUT2D eigenvalue weighted by Gasteiger charge is 2.34. The molecule has 0 atom stereocenters. The number of carboxylic acid groups (broad SMARTS) is 1. The van der Waals surface area contributed by atoms with Crippen LogP contribution in [0.3, 0.4) is 0 Å². The maximum absolute atomic E-state index is 13.4. The lowest BCUT2D eigenvalue weighted by Crippen LogP contribution is -2.15. The molecule has 0 fully saturated rings. The maximum Gasteiger partial charge on any atom is 0.417 e. The third-order valence-electron chi connectivity index (χ3n) is 4.55. The lowest BCUT2D eigenvalue weighted by Gasteiger charge is -2.14. The van der Waals surface area contributed by atoms with Crippen LogP contribution in [0.15, 0.2) is 71.6 Å². The first-order chi connectivity index (χ1) is 15.0. The fourth-order valence-electron chi connectivity index (χ4n) is 3.08. The van der Waals surface area contributed by atoms with E-state index in [2.05, 4.69) is 5.32 Å². The second-order valence-electron chi connectivity index (χ2n) is 6.92. The third kappa shape index (κ3) is 5.80. The number of rotatable bonds is 7. The van der Waals surface area contributed by atoms with Gasteiger partial charge in [0.05, 0.1) is 10.5 Å². The molecule has 0 heterocycles. The molecule has 0 spiro atoms. The van der Waals surface area contributed by atoms with E-state index < -0.39 is 33.3 Å². The molecule has 2 N–H and O–H groups in total. The van der Waals surface area contributed by atoms with Crippen molar-refractivity contribution in [3.63, 3.8) is 0 Å². The quantitative estimate of drug-likeness (QED) is 0.464. The smallest absolute Gasteiger partial charge is 0.417 e. The number of alkyl halides is 3. The van der Waals surface area contributed by atoms with Gasteiger partial charge in [-0.2, -0.15) is 13.2 Å². The summed E-state index contributed by atoms with van der Waals surface area (Å²) >= 11 is 5.75. The Morgan fingerprint density at radius 2 is 1.69 bits per heavy atom. The average Bonchev–Trinajstić information content (AvgIpc) is 2.71. The fourth-order valence-corrected chi connectivity index (χ4v) is 4.30. The van der Waals surface area contributed by atoms with Crippen molar-refractivity contribution in [1.29, 1.82) is 0 Å². The summed E-state index contributed by atoms with van der Waals surface area (Å²) in [6, 6.07) is 15.8. The zero-order chi connectivity index (χ0) is 23.5. The highest BCUT2D eigenvalue weighted by molar-refractivity contribution is 7.92. The first-order valence-corrected chi connectivity index (χ1v) is 11.2. The minimum atomic E-state index is -4.56. The molecule has 0 aliphatic carbocycles. The number of hydrogen-bond donors (Lipinski definition) is 2. The summed E-state index contributed by atoms with van der Waals surface area (Å²) in [5.74, 6) is -2.45. The average molecular weight is 484 g/mol. The van der Waals surface area contributed by atoms with Crippen molar-refractivity contribution in [3.8, 4) is 11.1 Å². The molecular formula is C22H17ClF3NO4S. The highest BCUT2D eigenvalue weighted by Crippen LogP contribution is 2.38. The van der Waals surface area contributed by atoms with Gasteiger partial charge in [-0.25, -0.2) is 8.42 Å². The normalized spacial score (nSPS) is 11.9. The van der Waals surface area contributed by atoms with Gasteiger partial charge < -0.3 is 10.4 Å². The Bertz CT molecular complexity index is 1240. The number of anilines is 1. The van der Waals surface area contributed by atoms with Crippen LogP contribution in [0, 0.1) is 0 Å². The molecule has 5 nitrogen and oxygen atoms in total. The minimum absolute atomic E-state index is 0.00675. The number of aliphatic carboxylic acids is 1. The number of sulfone groups is 1. The van der Waals surface area contributed by atoms with Crippen LogP contribution in [-0.4, -0.2) is 25.2 Å². The van der Waals surface area contributed by atoms with Crippen molar-refractivity contribution in [2.75, 3.05) is 11.1 Å². The van der Waals surface area contributed by atoms with Gasteiger partial charge in [0, 0.05) is 17.3 Å². The zero-order valence-corrected chi connectivity index (χ0v) is 17.9. The van der Waals surface area contributed by atoms with Crippen molar-refractivity contribution in [2.24, 2.45) is 0 Å². The first kappa shape index (κ1) is 23.6. The van der Waals surface area contributed by atoms with Crippen molar-refractivity contribution in [3.05, 3.63) is 82.9 Å². The largest absolute Gasteiger partial charge is 0.480 e. The summed E-state index contributed by atoms with van der Waals surface area (Å²) in [5, 5.41) is 11.7. The van der Waals surface area contributed by atoms with E-state index in [-0.39, 0.29) is 22.0 Å². The molecule has 0 aliphatic heterocycles. The Hall–Kier alpha value is -3.04. The standard InChI is InChI=1S/C22H17ClF3NO4S/c23-16-4-9-19(20(11-16)22(24,25)26)15-3-1-2-14(10-15)12-27-17-5-7-18(8-6-17)32(30,31)13-21(28)29/h1-11,27H,12-13H2,(H,28,29). The second kappa shape index (κ2) is 9.22. The molecule has 3 aromatic rings. The summed E-state index contributed by atoms with van der Waals surface area (Å²) in [4.78, 5) is 10.6. The van der Waals surface area contributed by atoms with Crippen LogP contribution in [0.4, 0.5) is 18.9 Å². The molecule has 0 amide bonds. The van der Waals surface area contributed by atoms with E-state index >= 15 is 0 Å². The van der Waals surface area contributed by atoms with Crippen LogP contribution < -0.4 is 5.32 Å². The van der Waals surface area contributed by atoms with Crippen LogP contribution in [0.5, 0.6) is 0 Å². The molecule has 0 radical (unpaired) electrons. The van der Waals surface area contributed by atoms with Gasteiger partial charge in [-0.1, -0.05) is 35.9 Å². The van der Waals surface area contributed by atoms with Crippen LogP contribution in [-0.2, 0) is 27.4 Å². The Morgan fingerprint density at radius 1 is 1.00 bits per heavy atom. The molecule has 32 heavy (non-hydrogen) atoms. The summed E-state index contributed by atoms with van der Waals surface area (Å²) in [5.41, 5.74) is 0.828. The van der Waals surface area contributed by atoms with E-state index in [0.29, 0.717) is 16.8 Å². The lowest BCUT2D eigenvalue weighted by atomic mass is 9.97. The van der Waals surface area contributed by atoms with Crippen molar-refractivity contribution >= 4 is 33.1 Å². The molecule has 0 bridgehead atoms. The van der Waals surface area contributed by atoms with Gasteiger partial charge in [0.25, 0.3) is 0 Å². The van der Waals surface area contributed by atoms with Crippen molar-refractivity contribution in [2.45, 2.75) is 17.6 Å². The van der Waals surface area contributed by atoms with Crippen molar-refractivity contribution < 1.29 is 31.5 Å². The maximum atomic E-state index is 13.4. The molecule has 0 saturated carbocycles. The fraction of sp³-hybridized carbons (Fsp3) is 0.136. The Labute approximate surface area is 187 Å². The van der Waals surface area contributed by atoms with Crippen molar-refractivity contribution in [1.82, 2.24) is 0 Å². The molecule has 3 aromatic carbocycles. The predicted molar refractivity (Wildman–Crippen MR) is 115 cm³/mol. The van der Waals surface area contributed by atoms with Crippen LogP contribution in [0.25, 0.3) is 11.1 Å². The van der Waals surface area contributed by atoms with E-state index in [4.69, 9.17) is 16.7 Å². The Morgan fingerprint density at radius 3 is 2.31 bits per heavy atom. The second-order valence-corrected chi connectivity index (χ2v) is 9.34. The van der Waals surface area contributed by atoms with Gasteiger partial charge in [-0.05, 0) is 59.2 Å². The summed E-state index contributed by atoms with van der Waals surface area (Å²) < 4.78 is 64.1. The van der Waals surface area contributed by atoms with Crippen LogP contribution in [0.1, 0.15) is 11.1 Å². The van der Waals surface area contributed by atoms with Gasteiger partial charge in [0.2, 0.25) is 0 Å². The Balaban J connectivity index is 1.78. The highest BCUT2D eigenvalue weighted by atomic mass is 35.5. The number of benzene rings is 3. The number of halogens is 4. The lowest BCUT2D eigenvalue weighted by molar-refractivity contribution is -0.137. The van der Waals surface area contributed by atoms with Crippen LogP contribution in [0.2, 0.25) is 5.02 Å². The summed E-state index contributed by atoms with van der Waals surface area (Å²) in [7, 11) is -3.93. The monoisotopic (exact) mass is 483 g/mol. The molecule has 3 rings (SSSR count). The predicted octanol–water partition coefficient (Wildman–Crippen LogP) is 5.50. The third-order valence-corrected chi connectivity index (χ3v) is 6.40. The van der Waals surface area contributed by atoms with E-state index in [1.54, 1.807) is 24.3 Å². The number of nitrogens with one attached hydrogen (secondary N) is 1. The minimum Gasteiger partial charge on any atom is -0.480 e. The van der Waals surface area contributed by atoms with E-state index in [1.165, 1.54) is 36.4 Å².